The van der Waals surface area contributed by atoms with E-state index in [9.17, 15) is 13.9 Å². The molecule has 0 radical (unpaired) electrons. The molecule has 0 aliphatic carbocycles. The Morgan fingerprint density at radius 1 is 1.15 bits per heavy atom. The molecule has 0 fully saturated rings. The first-order valence-electron chi connectivity index (χ1n) is 5.98. The van der Waals surface area contributed by atoms with E-state index < -0.39 is 17.7 Å². The molecule has 0 aliphatic rings. The summed E-state index contributed by atoms with van der Waals surface area (Å²) in [6.45, 7) is 0.0871. The van der Waals surface area contributed by atoms with Gasteiger partial charge in [-0.1, -0.05) is 18.2 Å². The number of nitrogens with zero attached hydrogens (tertiary/aromatic N) is 1. The Morgan fingerprint density at radius 3 is 2.60 bits per heavy atom. The number of anilines is 1. The van der Waals surface area contributed by atoms with Crippen LogP contribution in [0.25, 0.3) is 0 Å². The smallest absolute Gasteiger partial charge is 0.159 e. The SMILES string of the molecule is N#Cc1ccccc1NCC(O)c1ccc(F)c(F)c1. The third-order valence-corrected chi connectivity index (χ3v) is 2.86. The number of hydrogen-bond acceptors (Lipinski definition) is 3. The highest BCUT2D eigenvalue weighted by molar-refractivity contribution is 5.57. The Morgan fingerprint density at radius 2 is 1.90 bits per heavy atom. The van der Waals surface area contributed by atoms with Crippen LogP contribution in [0.2, 0.25) is 0 Å². The van der Waals surface area contributed by atoms with Gasteiger partial charge in [0.25, 0.3) is 0 Å². The Bertz CT molecular complexity index is 653. The van der Waals surface area contributed by atoms with E-state index in [0.717, 1.165) is 12.1 Å². The average molecular weight is 274 g/mol. The monoisotopic (exact) mass is 274 g/mol. The molecule has 0 amide bonds. The fourth-order valence-electron chi connectivity index (χ4n) is 1.78. The van der Waals surface area contributed by atoms with Crippen molar-refractivity contribution < 1.29 is 13.9 Å². The molecule has 2 N–H and O–H groups in total. The summed E-state index contributed by atoms with van der Waals surface area (Å²) in [5, 5.41) is 21.8. The van der Waals surface area contributed by atoms with Gasteiger partial charge < -0.3 is 10.4 Å². The van der Waals surface area contributed by atoms with E-state index in [1.807, 2.05) is 6.07 Å². The van der Waals surface area contributed by atoms with Crippen LogP contribution >= 0.6 is 0 Å². The van der Waals surface area contributed by atoms with E-state index >= 15 is 0 Å². The molecule has 102 valence electrons. The molecule has 0 saturated heterocycles. The van der Waals surface area contributed by atoms with Crippen LogP contribution in [0.5, 0.6) is 0 Å². The number of nitrogens with one attached hydrogen (secondary N) is 1. The van der Waals surface area contributed by atoms with Crippen LogP contribution in [0.15, 0.2) is 42.5 Å². The second-order valence-electron chi connectivity index (χ2n) is 4.23. The van der Waals surface area contributed by atoms with Crippen LogP contribution in [0.4, 0.5) is 14.5 Å². The van der Waals surface area contributed by atoms with Crippen molar-refractivity contribution in [3.8, 4) is 6.07 Å². The highest BCUT2D eigenvalue weighted by Crippen LogP contribution is 2.19. The molecule has 2 aromatic carbocycles. The number of halogens is 2. The largest absolute Gasteiger partial charge is 0.387 e. The van der Waals surface area contributed by atoms with Crippen LogP contribution in [0.1, 0.15) is 17.2 Å². The minimum Gasteiger partial charge on any atom is -0.387 e. The van der Waals surface area contributed by atoms with E-state index in [1.165, 1.54) is 6.07 Å². The normalized spacial score (nSPS) is 11.7. The van der Waals surface area contributed by atoms with Gasteiger partial charge in [0.05, 0.1) is 17.4 Å². The van der Waals surface area contributed by atoms with E-state index in [-0.39, 0.29) is 12.1 Å². The van der Waals surface area contributed by atoms with Gasteiger partial charge in [0.1, 0.15) is 6.07 Å². The Hall–Kier alpha value is -2.45. The van der Waals surface area contributed by atoms with Gasteiger partial charge >= 0.3 is 0 Å². The molecule has 0 aliphatic heterocycles. The van der Waals surface area contributed by atoms with Crippen LogP contribution in [-0.4, -0.2) is 11.7 Å². The van der Waals surface area contributed by atoms with Crippen LogP contribution in [0.3, 0.4) is 0 Å². The molecule has 1 unspecified atom stereocenters. The first-order chi connectivity index (χ1) is 9.61. The number of hydrogen-bond donors (Lipinski definition) is 2. The standard InChI is InChI=1S/C15H12F2N2O/c16-12-6-5-10(7-13(12)17)15(20)9-19-14-4-2-1-3-11(14)8-18/h1-7,15,19-20H,9H2. The van der Waals surface area contributed by atoms with Gasteiger partial charge in [-0.25, -0.2) is 8.78 Å². The molecule has 20 heavy (non-hydrogen) atoms. The van der Waals surface area contributed by atoms with Crippen molar-refractivity contribution in [1.82, 2.24) is 0 Å². The average Bonchev–Trinajstić information content (AvgIpc) is 2.47. The minimum atomic E-state index is -1.00. The molecule has 2 aromatic rings. The second kappa shape index (κ2) is 6.13. The van der Waals surface area contributed by atoms with Gasteiger partial charge in [0.15, 0.2) is 11.6 Å². The predicted octanol–water partition coefficient (Wildman–Crippen LogP) is 2.98. The fraction of sp³-hybridized carbons (Fsp3) is 0.133. The second-order valence-corrected chi connectivity index (χ2v) is 4.23. The zero-order valence-corrected chi connectivity index (χ0v) is 10.5. The van der Waals surface area contributed by atoms with Gasteiger partial charge in [-0.2, -0.15) is 5.26 Å². The van der Waals surface area contributed by atoms with Crippen LogP contribution in [-0.2, 0) is 0 Å². The zero-order valence-electron chi connectivity index (χ0n) is 10.5. The summed E-state index contributed by atoms with van der Waals surface area (Å²) >= 11 is 0. The topological polar surface area (TPSA) is 56.0 Å². The maximum Gasteiger partial charge on any atom is 0.159 e. The van der Waals surface area contributed by atoms with Gasteiger partial charge in [-0.3, -0.25) is 0 Å². The van der Waals surface area contributed by atoms with E-state index in [0.29, 0.717) is 11.3 Å². The van der Waals surface area contributed by atoms with Crippen LogP contribution < -0.4 is 5.32 Å². The van der Waals surface area contributed by atoms with Crippen molar-refractivity contribution in [1.29, 1.82) is 5.26 Å². The molecule has 5 heteroatoms. The van der Waals surface area contributed by atoms with Crippen LogP contribution in [0, 0.1) is 23.0 Å². The number of para-hydroxylation sites is 1. The minimum absolute atomic E-state index is 0.0871. The lowest BCUT2D eigenvalue weighted by atomic mass is 10.1. The summed E-state index contributed by atoms with van der Waals surface area (Å²) in [5.41, 5.74) is 1.30. The van der Waals surface area contributed by atoms with Crippen molar-refractivity contribution in [3.63, 3.8) is 0 Å². The summed E-state index contributed by atoms with van der Waals surface area (Å²) in [7, 11) is 0. The molecule has 0 heterocycles. The van der Waals surface area contributed by atoms with E-state index in [2.05, 4.69) is 5.32 Å². The number of rotatable bonds is 4. The van der Waals surface area contributed by atoms with Crippen molar-refractivity contribution >= 4 is 5.69 Å². The third-order valence-electron chi connectivity index (χ3n) is 2.86. The van der Waals surface area contributed by atoms with Gasteiger partial charge in [-0.15, -0.1) is 0 Å². The van der Waals surface area contributed by atoms with Gasteiger partial charge in [0.2, 0.25) is 0 Å². The molecule has 0 bridgehead atoms. The third kappa shape index (κ3) is 3.11. The summed E-state index contributed by atoms with van der Waals surface area (Å²) in [4.78, 5) is 0. The molecule has 0 spiro atoms. The van der Waals surface area contributed by atoms with Gasteiger partial charge in [-0.05, 0) is 29.8 Å². The lowest BCUT2D eigenvalue weighted by Crippen LogP contribution is -2.13. The zero-order chi connectivity index (χ0) is 14.5. The predicted molar refractivity (Wildman–Crippen MR) is 71.0 cm³/mol. The molecule has 0 aromatic heterocycles. The van der Waals surface area contributed by atoms with E-state index in [1.54, 1.807) is 24.3 Å². The van der Waals surface area contributed by atoms with Gasteiger partial charge in [0, 0.05) is 6.54 Å². The highest BCUT2D eigenvalue weighted by atomic mass is 19.2. The lowest BCUT2D eigenvalue weighted by molar-refractivity contribution is 0.191. The maximum atomic E-state index is 13.1. The summed E-state index contributed by atoms with van der Waals surface area (Å²) in [6.07, 6.45) is -1.00. The number of aliphatic hydroxyl groups is 1. The lowest BCUT2D eigenvalue weighted by Gasteiger charge is -2.14. The van der Waals surface area contributed by atoms with Crippen molar-refractivity contribution in [2.45, 2.75) is 6.10 Å². The number of aliphatic hydroxyl groups excluding tert-OH is 1. The Labute approximate surface area is 115 Å². The van der Waals surface area contributed by atoms with E-state index in [4.69, 9.17) is 5.26 Å². The molecular weight excluding hydrogens is 262 g/mol. The summed E-state index contributed by atoms with van der Waals surface area (Å²) in [5.74, 6) is -1.96. The van der Waals surface area contributed by atoms with Crippen molar-refractivity contribution in [2.24, 2.45) is 0 Å². The number of benzene rings is 2. The van der Waals surface area contributed by atoms with Crippen molar-refractivity contribution in [2.75, 3.05) is 11.9 Å². The quantitative estimate of drug-likeness (QED) is 0.901. The molecule has 3 nitrogen and oxygen atoms in total. The maximum absolute atomic E-state index is 13.1. The summed E-state index contributed by atoms with van der Waals surface area (Å²) < 4.78 is 25.9. The molecular formula is C15H12F2N2O. The first-order valence-corrected chi connectivity index (χ1v) is 5.98. The first kappa shape index (κ1) is 14.0. The molecule has 2 rings (SSSR count). The molecule has 1 atom stereocenters. The number of nitriles is 1. The Balaban J connectivity index is 2.07. The van der Waals surface area contributed by atoms with Crippen molar-refractivity contribution in [3.05, 3.63) is 65.2 Å². The summed E-state index contributed by atoms with van der Waals surface area (Å²) in [6, 6.07) is 12.1. The Kier molecular flexibility index (Phi) is 4.28. The molecule has 0 saturated carbocycles. The fourth-order valence-corrected chi connectivity index (χ4v) is 1.78. The highest BCUT2D eigenvalue weighted by Gasteiger charge is 2.11.